The zero-order chi connectivity index (χ0) is 18.7. The predicted octanol–water partition coefficient (Wildman–Crippen LogP) is 3.12. The smallest absolute Gasteiger partial charge is 0.246 e. The van der Waals surface area contributed by atoms with Gasteiger partial charge in [0.15, 0.2) is 5.69 Å². The van der Waals surface area contributed by atoms with Crippen molar-refractivity contribution in [2.45, 2.75) is 30.7 Å². The largest absolute Gasteiger partial charge is 0.496 e. The Hall–Kier alpha value is -2.43. The highest BCUT2D eigenvalue weighted by Crippen LogP contribution is 2.40. The molecule has 0 saturated carbocycles. The third kappa shape index (κ3) is 3.30. The van der Waals surface area contributed by atoms with Gasteiger partial charge in [0, 0.05) is 18.3 Å². The molecule has 0 aliphatic carbocycles. The summed E-state index contributed by atoms with van der Waals surface area (Å²) in [4.78, 5) is 3.87. The highest BCUT2D eigenvalue weighted by Gasteiger charge is 2.39. The molecule has 1 fully saturated rings. The monoisotopic (exact) mass is 371 g/mol. The molecule has 0 spiro atoms. The molecule has 0 radical (unpaired) electrons. The number of nitriles is 1. The first-order valence-electron chi connectivity index (χ1n) is 8.49. The second kappa shape index (κ2) is 7.44. The Balaban J connectivity index is 2.11. The van der Waals surface area contributed by atoms with E-state index in [0.29, 0.717) is 18.7 Å². The number of para-hydroxylation sites is 1. The molecule has 2 heterocycles. The standard InChI is InChI=1S/C19H21N3O3S/c1-14-9-10-17(15-6-3-4-7-18(15)25-2)22(13-14)26(23,24)19-8-5-11-21-16(19)12-20/h3-8,11,14,17H,9-10,13H2,1-2H3. The van der Waals surface area contributed by atoms with Crippen molar-refractivity contribution in [3.05, 3.63) is 53.9 Å². The third-order valence-corrected chi connectivity index (χ3v) is 6.64. The number of hydrogen-bond donors (Lipinski definition) is 0. The molecule has 1 aliphatic rings. The van der Waals surface area contributed by atoms with Gasteiger partial charge < -0.3 is 4.74 Å². The van der Waals surface area contributed by atoms with E-state index < -0.39 is 10.0 Å². The SMILES string of the molecule is COc1ccccc1C1CCC(C)CN1S(=O)(=O)c1cccnc1C#N. The molecule has 0 bridgehead atoms. The molecule has 26 heavy (non-hydrogen) atoms. The average Bonchev–Trinajstić information content (AvgIpc) is 2.67. The van der Waals surface area contributed by atoms with Gasteiger partial charge in [-0.2, -0.15) is 9.57 Å². The molecule has 3 rings (SSSR count). The number of methoxy groups -OCH3 is 1. The van der Waals surface area contributed by atoms with Gasteiger partial charge in [0.1, 0.15) is 16.7 Å². The predicted molar refractivity (Wildman–Crippen MR) is 97.0 cm³/mol. The maximum absolute atomic E-state index is 13.4. The topological polar surface area (TPSA) is 83.3 Å². The first kappa shape index (κ1) is 18.4. The van der Waals surface area contributed by atoms with Crippen LogP contribution in [0.2, 0.25) is 0 Å². The second-order valence-corrected chi connectivity index (χ2v) is 8.34. The fraction of sp³-hybridized carbons (Fsp3) is 0.368. The summed E-state index contributed by atoms with van der Waals surface area (Å²) < 4.78 is 33.7. The molecule has 1 saturated heterocycles. The van der Waals surface area contributed by atoms with Gasteiger partial charge in [0.2, 0.25) is 10.0 Å². The van der Waals surface area contributed by atoms with E-state index >= 15 is 0 Å². The third-order valence-electron chi connectivity index (χ3n) is 4.73. The van der Waals surface area contributed by atoms with Crippen LogP contribution in [0.4, 0.5) is 0 Å². The lowest BCUT2D eigenvalue weighted by molar-refractivity contribution is 0.203. The van der Waals surface area contributed by atoms with Gasteiger partial charge in [-0.15, -0.1) is 0 Å². The number of aromatic nitrogens is 1. The molecule has 0 amide bonds. The van der Waals surface area contributed by atoms with Crippen LogP contribution in [0.15, 0.2) is 47.5 Å². The normalized spacial score (nSPS) is 21.1. The number of ether oxygens (including phenoxy) is 1. The molecule has 1 aromatic heterocycles. The quantitative estimate of drug-likeness (QED) is 0.824. The van der Waals surface area contributed by atoms with Gasteiger partial charge in [-0.1, -0.05) is 25.1 Å². The number of hydrogen-bond acceptors (Lipinski definition) is 5. The van der Waals surface area contributed by atoms with Gasteiger partial charge in [-0.05, 0) is 37.0 Å². The summed E-state index contributed by atoms with van der Waals surface area (Å²) in [6.45, 7) is 2.43. The van der Waals surface area contributed by atoms with Gasteiger partial charge in [0.05, 0.1) is 13.2 Å². The van der Waals surface area contributed by atoms with Crippen LogP contribution in [0.1, 0.15) is 37.1 Å². The minimum Gasteiger partial charge on any atom is -0.496 e. The minimum absolute atomic E-state index is 0.0449. The molecule has 1 aromatic carbocycles. The van der Waals surface area contributed by atoms with Crippen molar-refractivity contribution in [3.8, 4) is 11.8 Å². The summed E-state index contributed by atoms with van der Waals surface area (Å²) in [5.41, 5.74) is 0.761. The van der Waals surface area contributed by atoms with Crippen molar-refractivity contribution < 1.29 is 13.2 Å². The number of rotatable bonds is 4. The van der Waals surface area contributed by atoms with E-state index in [9.17, 15) is 13.7 Å². The van der Waals surface area contributed by atoms with E-state index in [1.807, 2.05) is 37.3 Å². The fourth-order valence-electron chi connectivity index (χ4n) is 3.44. The summed E-state index contributed by atoms with van der Waals surface area (Å²) in [6, 6.07) is 12.0. The molecule has 1 aliphatic heterocycles. The second-order valence-electron chi connectivity index (χ2n) is 6.48. The van der Waals surface area contributed by atoms with Crippen molar-refractivity contribution in [1.29, 1.82) is 5.26 Å². The van der Waals surface area contributed by atoms with E-state index in [4.69, 9.17) is 4.74 Å². The molecular weight excluding hydrogens is 350 g/mol. The van der Waals surface area contributed by atoms with E-state index in [0.717, 1.165) is 12.0 Å². The van der Waals surface area contributed by atoms with Crippen LogP contribution < -0.4 is 4.74 Å². The zero-order valence-corrected chi connectivity index (χ0v) is 15.6. The van der Waals surface area contributed by atoms with Crippen LogP contribution in [-0.4, -0.2) is 31.4 Å². The Labute approximate surface area is 154 Å². The molecule has 136 valence electrons. The number of nitrogens with zero attached hydrogens (tertiary/aromatic N) is 3. The van der Waals surface area contributed by atoms with E-state index in [1.165, 1.54) is 16.6 Å². The van der Waals surface area contributed by atoms with Crippen LogP contribution in [0.5, 0.6) is 5.75 Å². The van der Waals surface area contributed by atoms with Gasteiger partial charge in [-0.3, -0.25) is 0 Å². The Morgan fingerprint density at radius 2 is 2.00 bits per heavy atom. The van der Waals surface area contributed by atoms with Crippen molar-refractivity contribution in [2.24, 2.45) is 5.92 Å². The zero-order valence-electron chi connectivity index (χ0n) is 14.8. The maximum atomic E-state index is 13.4. The maximum Gasteiger partial charge on any atom is 0.246 e. The molecular formula is C19H21N3O3S. The summed E-state index contributed by atoms with van der Waals surface area (Å²) in [5.74, 6) is 0.900. The molecule has 2 aromatic rings. The van der Waals surface area contributed by atoms with Gasteiger partial charge in [-0.25, -0.2) is 13.4 Å². The van der Waals surface area contributed by atoms with Crippen molar-refractivity contribution >= 4 is 10.0 Å². The lowest BCUT2D eigenvalue weighted by atomic mass is 9.91. The highest BCUT2D eigenvalue weighted by atomic mass is 32.2. The molecule has 0 N–H and O–H groups in total. The van der Waals surface area contributed by atoms with E-state index in [-0.39, 0.29) is 22.5 Å². The minimum atomic E-state index is -3.87. The highest BCUT2D eigenvalue weighted by molar-refractivity contribution is 7.89. The molecule has 2 atom stereocenters. The van der Waals surface area contributed by atoms with Crippen molar-refractivity contribution in [1.82, 2.24) is 9.29 Å². The fourth-order valence-corrected chi connectivity index (χ4v) is 5.29. The van der Waals surface area contributed by atoms with Gasteiger partial charge in [0.25, 0.3) is 0 Å². The number of sulfonamides is 1. The molecule has 7 heteroatoms. The van der Waals surface area contributed by atoms with Gasteiger partial charge >= 0.3 is 0 Å². The van der Waals surface area contributed by atoms with Crippen LogP contribution in [-0.2, 0) is 10.0 Å². The van der Waals surface area contributed by atoms with Crippen LogP contribution in [0.3, 0.4) is 0 Å². The number of benzene rings is 1. The van der Waals surface area contributed by atoms with E-state index in [1.54, 1.807) is 13.2 Å². The Bertz CT molecular complexity index is 937. The Kier molecular flexibility index (Phi) is 5.25. The lowest BCUT2D eigenvalue weighted by Crippen LogP contribution is -2.42. The summed E-state index contributed by atoms with van der Waals surface area (Å²) >= 11 is 0. The molecule has 2 unspecified atom stereocenters. The Morgan fingerprint density at radius 1 is 1.23 bits per heavy atom. The van der Waals surface area contributed by atoms with Crippen LogP contribution >= 0.6 is 0 Å². The summed E-state index contributed by atoms with van der Waals surface area (Å²) in [5, 5.41) is 9.28. The van der Waals surface area contributed by atoms with Crippen molar-refractivity contribution in [2.75, 3.05) is 13.7 Å². The lowest BCUT2D eigenvalue weighted by Gasteiger charge is -2.38. The van der Waals surface area contributed by atoms with Crippen LogP contribution in [0.25, 0.3) is 0 Å². The summed E-state index contributed by atoms with van der Waals surface area (Å²) in [6.07, 6.45) is 3.05. The molecule has 6 nitrogen and oxygen atoms in total. The Morgan fingerprint density at radius 3 is 2.73 bits per heavy atom. The first-order chi connectivity index (χ1) is 12.5. The number of pyridine rings is 1. The average molecular weight is 371 g/mol. The number of piperidine rings is 1. The first-order valence-corrected chi connectivity index (χ1v) is 9.93. The van der Waals surface area contributed by atoms with Crippen molar-refractivity contribution in [3.63, 3.8) is 0 Å². The summed E-state index contributed by atoms with van der Waals surface area (Å²) in [7, 11) is -2.29. The van der Waals surface area contributed by atoms with E-state index in [2.05, 4.69) is 4.98 Å². The van der Waals surface area contributed by atoms with Crippen LogP contribution in [0, 0.1) is 17.2 Å².